The van der Waals surface area contributed by atoms with Crippen LogP contribution in [0.25, 0.3) is 0 Å². The smallest absolute Gasteiger partial charge is 0.243 e. The van der Waals surface area contributed by atoms with E-state index in [1.165, 1.54) is 10.6 Å². The number of para-hydroxylation sites is 1. The average Bonchev–Trinajstić information content (AvgIpc) is 2.86. The lowest BCUT2D eigenvalue weighted by molar-refractivity contribution is -0.141. The van der Waals surface area contributed by atoms with E-state index in [1.807, 2.05) is 64.1 Å². The minimum atomic E-state index is -3.54. The Morgan fingerprint density at radius 2 is 1.76 bits per heavy atom. The number of hydrogen-bond donors (Lipinski definition) is 1. The highest BCUT2D eigenvalue weighted by Gasteiger charge is 2.29. The van der Waals surface area contributed by atoms with Crippen molar-refractivity contribution in [1.29, 1.82) is 0 Å². The Bertz CT molecular complexity index is 1150. The number of aryl methyl sites for hydroxylation is 1. The number of benzene rings is 2. The summed E-state index contributed by atoms with van der Waals surface area (Å²) < 4.78 is 31.7. The highest BCUT2D eigenvalue weighted by molar-refractivity contribution is 7.92. The second-order valence-electron chi connectivity index (χ2n) is 9.34. The Hall–Kier alpha value is -3.07. The number of hydrogen-bond acceptors (Lipinski definition) is 5. The van der Waals surface area contributed by atoms with Crippen LogP contribution in [0.4, 0.5) is 5.69 Å². The Morgan fingerprint density at radius 3 is 2.35 bits per heavy atom. The Kier molecular flexibility index (Phi) is 11.4. The van der Waals surface area contributed by atoms with Gasteiger partial charge in [0.1, 0.15) is 11.8 Å². The topological polar surface area (TPSA) is 96.0 Å². The predicted molar refractivity (Wildman–Crippen MR) is 148 cm³/mol. The van der Waals surface area contributed by atoms with E-state index in [2.05, 4.69) is 5.32 Å². The van der Waals surface area contributed by atoms with Crippen molar-refractivity contribution in [2.45, 2.75) is 72.0 Å². The highest BCUT2D eigenvalue weighted by Crippen LogP contribution is 2.23. The first kappa shape index (κ1) is 30.2. The monoisotopic (exact) mass is 531 g/mol. The fraction of sp³-hybridized carbons (Fsp3) is 0.500. The largest absolute Gasteiger partial charge is 0.497 e. The van der Waals surface area contributed by atoms with Crippen molar-refractivity contribution in [3.8, 4) is 5.75 Å². The van der Waals surface area contributed by atoms with Gasteiger partial charge < -0.3 is 15.0 Å². The van der Waals surface area contributed by atoms with Crippen molar-refractivity contribution in [3.05, 3.63) is 59.7 Å². The lowest BCUT2D eigenvalue weighted by atomic mass is 10.1. The van der Waals surface area contributed by atoms with E-state index in [-0.39, 0.29) is 37.4 Å². The van der Waals surface area contributed by atoms with Crippen molar-refractivity contribution < 1.29 is 22.7 Å². The molecule has 0 aliphatic carbocycles. The molecular weight excluding hydrogens is 490 g/mol. The van der Waals surface area contributed by atoms with E-state index in [0.29, 0.717) is 24.3 Å². The lowest BCUT2D eigenvalue weighted by Crippen LogP contribution is -2.50. The molecule has 0 saturated heterocycles. The first-order valence-corrected chi connectivity index (χ1v) is 14.6. The molecule has 0 bridgehead atoms. The fourth-order valence-corrected chi connectivity index (χ4v) is 5.18. The average molecular weight is 532 g/mol. The molecule has 0 unspecified atom stereocenters. The van der Waals surface area contributed by atoms with Crippen molar-refractivity contribution in [2.24, 2.45) is 0 Å². The summed E-state index contributed by atoms with van der Waals surface area (Å²) in [6, 6.07) is 14.0. The van der Waals surface area contributed by atoms with Crippen LogP contribution in [0.2, 0.25) is 0 Å². The molecule has 204 valence electrons. The van der Waals surface area contributed by atoms with E-state index in [9.17, 15) is 18.0 Å². The molecule has 2 aromatic carbocycles. The van der Waals surface area contributed by atoms with Crippen LogP contribution in [0.1, 0.15) is 57.6 Å². The first-order valence-electron chi connectivity index (χ1n) is 12.8. The summed E-state index contributed by atoms with van der Waals surface area (Å²) >= 11 is 0. The number of carbonyl (C=O) groups is 2. The third-order valence-corrected chi connectivity index (χ3v) is 7.59. The Morgan fingerprint density at radius 1 is 1.05 bits per heavy atom. The summed E-state index contributed by atoms with van der Waals surface area (Å²) in [5.74, 6) is 0.280. The molecule has 8 nitrogen and oxygen atoms in total. The number of methoxy groups -OCH3 is 1. The molecule has 37 heavy (non-hydrogen) atoms. The van der Waals surface area contributed by atoms with Crippen molar-refractivity contribution in [2.75, 3.05) is 24.2 Å². The van der Waals surface area contributed by atoms with Gasteiger partial charge in [0, 0.05) is 25.6 Å². The van der Waals surface area contributed by atoms with Crippen LogP contribution < -0.4 is 14.4 Å². The third kappa shape index (κ3) is 8.77. The van der Waals surface area contributed by atoms with Crippen molar-refractivity contribution in [3.63, 3.8) is 0 Å². The van der Waals surface area contributed by atoms with Gasteiger partial charge in [-0.25, -0.2) is 8.42 Å². The zero-order valence-electron chi connectivity index (χ0n) is 22.9. The maximum absolute atomic E-state index is 13.5. The first-order chi connectivity index (χ1) is 17.5. The quantitative estimate of drug-likeness (QED) is 0.393. The van der Waals surface area contributed by atoms with Crippen LogP contribution in [-0.4, -0.2) is 57.1 Å². The fourth-order valence-electron chi connectivity index (χ4n) is 4.15. The maximum atomic E-state index is 13.5. The summed E-state index contributed by atoms with van der Waals surface area (Å²) in [4.78, 5) is 28.3. The van der Waals surface area contributed by atoms with E-state index in [4.69, 9.17) is 4.74 Å². The molecule has 2 atom stereocenters. The van der Waals surface area contributed by atoms with Gasteiger partial charge >= 0.3 is 0 Å². The van der Waals surface area contributed by atoms with Crippen LogP contribution in [0.5, 0.6) is 5.75 Å². The van der Waals surface area contributed by atoms with Gasteiger partial charge in [0.2, 0.25) is 21.8 Å². The molecule has 0 radical (unpaired) electrons. The van der Waals surface area contributed by atoms with Crippen LogP contribution in [0, 0.1) is 6.92 Å². The minimum Gasteiger partial charge on any atom is -0.497 e. The van der Waals surface area contributed by atoms with Gasteiger partial charge in [0.25, 0.3) is 0 Å². The summed E-state index contributed by atoms with van der Waals surface area (Å²) in [5.41, 5.74) is 2.29. The molecule has 2 amide bonds. The molecule has 0 aliphatic rings. The second-order valence-corrected chi connectivity index (χ2v) is 11.2. The maximum Gasteiger partial charge on any atom is 0.243 e. The predicted octanol–water partition coefficient (Wildman–Crippen LogP) is 4.27. The zero-order chi connectivity index (χ0) is 27.6. The van der Waals surface area contributed by atoms with Gasteiger partial charge in [-0.05, 0) is 62.4 Å². The van der Waals surface area contributed by atoms with E-state index >= 15 is 0 Å². The SMILES string of the molecule is CC[C@H](C(=O)N[C@@H](C)CC)N(Cc1cccc(OC)c1)C(=O)CCCN(c1ccccc1C)S(C)(=O)=O. The van der Waals surface area contributed by atoms with Crippen LogP contribution >= 0.6 is 0 Å². The molecule has 0 saturated carbocycles. The van der Waals surface area contributed by atoms with Gasteiger partial charge in [0.05, 0.1) is 19.1 Å². The van der Waals surface area contributed by atoms with Gasteiger partial charge in [0.15, 0.2) is 0 Å². The number of nitrogens with one attached hydrogen (secondary N) is 1. The zero-order valence-corrected chi connectivity index (χ0v) is 23.7. The summed E-state index contributed by atoms with van der Waals surface area (Å²) in [7, 11) is -1.95. The normalized spacial score (nSPS) is 12.9. The molecule has 0 fully saturated rings. The lowest BCUT2D eigenvalue weighted by Gasteiger charge is -2.32. The molecule has 2 rings (SSSR count). The molecule has 0 aliphatic heterocycles. The molecule has 0 heterocycles. The second kappa shape index (κ2) is 14.0. The third-order valence-electron chi connectivity index (χ3n) is 6.41. The van der Waals surface area contributed by atoms with Gasteiger partial charge in [-0.1, -0.05) is 44.2 Å². The van der Waals surface area contributed by atoms with E-state index in [0.717, 1.165) is 17.5 Å². The number of amides is 2. The number of rotatable bonds is 14. The minimum absolute atomic E-state index is 0.00671. The van der Waals surface area contributed by atoms with Gasteiger partial charge in [-0.3, -0.25) is 13.9 Å². The molecule has 2 aromatic rings. The number of anilines is 1. The molecular formula is C28H41N3O5S. The van der Waals surface area contributed by atoms with Crippen LogP contribution in [-0.2, 0) is 26.2 Å². The summed E-state index contributed by atoms with van der Waals surface area (Å²) in [5, 5.41) is 3.00. The van der Waals surface area contributed by atoms with Gasteiger partial charge in [-0.15, -0.1) is 0 Å². The molecule has 1 N–H and O–H groups in total. The molecule has 0 spiro atoms. The number of sulfonamides is 1. The number of carbonyl (C=O) groups excluding carboxylic acids is 2. The molecule has 9 heteroatoms. The summed E-state index contributed by atoms with van der Waals surface area (Å²) in [6.45, 7) is 8.08. The molecule has 0 aromatic heterocycles. The summed E-state index contributed by atoms with van der Waals surface area (Å²) in [6.07, 6.45) is 2.83. The van der Waals surface area contributed by atoms with Crippen LogP contribution in [0.15, 0.2) is 48.5 Å². The van der Waals surface area contributed by atoms with Crippen molar-refractivity contribution >= 4 is 27.5 Å². The highest BCUT2D eigenvalue weighted by atomic mass is 32.2. The van der Waals surface area contributed by atoms with Crippen molar-refractivity contribution in [1.82, 2.24) is 10.2 Å². The number of nitrogens with zero attached hydrogens (tertiary/aromatic N) is 2. The van der Waals surface area contributed by atoms with Crippen LogP contribution in [0.3, 0.4) is 0 Å². The standard InChI is InChI=1S/C28H41N3O5S/c1-7-22(4)29-28(33)25(8-2)30(20-23-14-11-15-24(19-23)36-5)27(32)17-12-18-31(37(6,34)35)26-16-10-9-13-21(26)3/h9-11,13-16,19,22,25H,7-8,12,17-18,20H2,1-6H3,(H,29,33)/t22-,25+/m0/s1. The number of ether oxygens (including phenoxy) is 1. The van der Waals surface area contributed by atoms with E-state index < -0.39 is 16.1 Å². The van der Waals surface area contributed by atoms with E-state index in [1.54, 1.807) is 24.1 Å². The Labute approximate surface area is 222 Å². The Balaban J connectivity index is 2.26. The van der Waals surface area contributed by atoms with Gasteiger partial charge in [-0.2, -0.15) is 0 Å².